The number of anilines is 2. The van der Waals surface area contributed by atoms with Gasteiger partial charge in [0.25, 0.3) is 0 Å². The van der Waals surface area contributed by atoms with E-state index in [1.54, 1.807) is 12.7 Å². The minimum atomic E-state index is -0.394. The monoisotopic (exact) mass is 718 g/mol. The fourth-order valence-corrected chi connectivity index (χ4v) is 13.7. The average Bonchev–Trinajstić information content (AvgIpc) is 3.12. The molecule has 2 aliphatic heterocycles. The van der Waals surface area contributed by atoms with E-state index >= 15 is 0 Å². The van der Waals surface area contributed by atoms with Crippen LogP contribution in [0.2, 0.25) is 0 Å². The number of fused-ring (bicyclic) bond motifs is 2. The highest BCUT2D eigenvalue weighted by atomic mass is 16.3. The SMILES string of the molecule is OC12CC3CC(C1)CC(CNc1ncnc4c1CCN(Cc1ccccc1)C4)(C3)C2.OC12CC3CC(C1)CC(CNc1ncnc4c1CCNC4)(C3)C2. The number of hydrogen-bond donors (Lipinski definition) is 5. The summed E-state index contributed by atoms with van der Waals surface area (Å²) in [5, 5.41) is 32.7. The first-order valence-electron chi connectivity index (χ1n) is 20.8. The van der Waals surface area contributed by atoms with Gasteiger partial charge < -0.3 is 26.2 Å². The molecule has 0 saturated heterocycles. The van der Waals surface area contributed by atoms with Crippen LogP contribution in [-0.4, -0.2) is 72.4 Å². The van der Waals surface area contributed by atoms with Crippen LogP contribution >= 0.6 is 0 Å². The Bertz CT molecular complexity index is 1790. The van der Waals surface area contributed by atoms with Gasteiger partial charge in [-0.05, 0) is 137 Å². The lowest BCUT2D eigenvalue weighted by molar-refractivity contribution is -0.159. The number of hydrogen-bond acceptors (Lipinski definition) is 10. The van der Waals surface area contributed by atoms with E-state index in [2.05, 4.69) is 71.1 Å². The van der Waals surface area contributed by atoms with Crippen molar-refractivity contribution in [2.75, 3.05) is 36.8 Å². The largest absolute Gasteiger partial charge is 0.390 e. The van der Waals surface area contributed by atoms with Gasteiger partial charge in [0.2, 0.25) is 0 Å². The Hall–Kier alpha value is -3.18. The molecule has 10 heteroatoms. The third-order valence-corrected chi connectivity index (χ3v) is 14.8. The van der Waals surface area contributed by atoms with Gasteiger partial charge in [-0.15, -0.1) is 0 Å². The molecule has 4 heterocycles. The van der Waals surface area contributed by atoms with Gasteiger partial charge in [0.05, 0.1) is 22.6 Å². The van der Waals surface area contributed by atoms with Gasteiger partial charge in [0.1, 0.15) is 24.3 Å². The molecule has 2 aromatic heterocycles. The fraction of sp³-hybridized carbons (Fsp3) is 0.674. The van der Waals surface area contributed by atoms with Gasteiger partial charge in [0, 0.05) is 50.4 Å². The molecule has 5 N–H and O–H groups in total. The molecule has 53 heavy (non-hydrogen) atoms. The second-order valence-corrected chi connectivity index (χ2v) is 19.2. The first kappa shape index (κ1) is 34.3. The lowest BCUT2D eigenvalue weighted by atomic mass is 9.48. The van der Waals surface area contributed by atoms with Crippen molar-refractivity contribution < 1.29 is 10.2 Å². The maximum absolute atomic E-state index is 11.0. The summed E-state index contributed by atoms with van der Waals surface area (Å²) in [5.41, 5.74) is 6.01. The summed E-state index contributed by atoms with van der Waals surface area (Å²) in [6, 6.07) is 10.7. The number of aliphatic hydroxyl groups is 2. The Morgan fingerprint density at radius 3 is 1.79 bits per heavy atom. The van der Waals surface area contributed by atoms with Crippen LogP contribution in [0.3, 0.4) is 0 Å². The highest BCUT2D eigenvalue weighted by molar-refractivity contribution is 5.48. The van der Waals surface area contributed by atoms with Crippen molar-refractivity contribution in [2.45, 2.75) is 121 Å². The second kappa shape index (κ2) is 13.2. The summed E-state index contributed by atoms with van der Waals surface area (Å²) < 4.78 is 0. The van der Waals surface area contributed by atoms with Crippen LogP contribution in [0.1, 0.15) is 105 Å². The van der Waals surface area contributed by atoms with Crippen LogP contribution in [0, 0.1) is 34.5 Å². The topological polar surface area (TPSA) is 131 Å². The lowest BCUT2D eigenvalue weighted by Gasteiger charge is -2.60. The summed E-state index contributed by atoms with van der Waals surface area (Å²) in [6.07, 6.45) is 19.3. The summed E-state index contributed by atoms with van der Waals surface area (Å²) in [4.78, 5) is 20.7. The molecule has 8 saturated carbocycles. The van der Waals surface area contributed by atoms with Gasteiger partial charge in [-0.1, -0.05) is 30.3 Å². The van der Waals surface area contributed by atoms with Crippen LogP contribution in [-0.2, 0) is 32.5 Å². The normalized spacial score (nSPS) is 37.4. The smallest absolute Gasteiger partial charge is 0.132 e. The van der Waals surface area contributed by atoms with Crippen molar-refractivity contribution >= 4 is 11.6 Å². The van der Waals surface area contributed by atoms with Crippen LogP contribution in [0.5, 0.6) is 0 Å². The van der Waals surface area contributed by atoms with E-state index in [0.717, 1.165) is 138 Å². The highest BCUT2D eigenvalue weighted by Gasteiger charge is 2.58. The predicted molar refractivity (Wildman–Crippen MR) is 205 cm³/mol. The highest BCUT2D eigenvalue weighted by Crippen LogP contribution is 2.62. The Kier molecular flexibility index (Phi) is 8.57. The number of aromatic nitrogens is 4. The molecule has 4 unspecified atom stereocenters. The van der Waals surface area contributed by atoms with E-state index < -0.39 is 5.60 Å². The van der Waals surface area contributed by atoms with Gasteiger partial charge in [-0.2, -0.15) is 0 Å². The summed E-state index contributed by atoms with van der Waals surface area (Å²) in [6.45, 7) is 6.65. The van der Waals surface area contributed by atoms with Crippen molar-refractivity contribution in [3.63, 3.8) is 0 Å². The van der Waals surface area contributed by atoms with Crippen molar-refractivity contribution in [3.8, 4) is 0 Å². The lowest BCUT2D eigenvalue weighted by Crippen LogP contribution is -2.57. The van der Waals surface area contributed by atoms with Crippen molar-refractivity contribution in [1.29, 1.82) is 0 Å². The van der Waals surface area contributed by atoms with Crippen LogP contribution in [0.25, 0.3) is 0 Å². The van der Waals surface area contributed by atoms with Crippen LogP contribution < -0.4 is 16.0 Å². The average molecular weight is 719 g/mol. The van der Waals surface area contributed by atoms with E-state index in [9.17, 15) is 10.2 Å². The van der Waals surface area contributed by atoms with Crippen molar-refractivity contribution in [1.82, 2.24) is 30.2 Å². The molecule has 1 aromatic carbocycles. The third-order valence-electron chi connectivity index (χ3n) is 14.8. The molecule has 0 spiro atoms. The van der Waals surface area contributed by atoms with Gasteiger partial charge >= 0.3 is 0 Å². The van der Waals surface area contributed by atoms with E-state index in [0.29, 0.717) is 0 Å². The van der Waals surface area contributed by atoms with Gasteiger partial charge in [-0.3, -0.25) is 4.90 Å². The quantitative estimate of drug-likeness (QED) is 0.199. The molecule has 282 valence electrons. The Morgan fingerprint density at radius 2 is 1.23 bits per heavy atom. The molecule has 4 atom stereocenters. The van der Waals surface area contributed by atoms with E-state index in [-0.39, 0.29) is 16.4 Å². The molecule has 13 rings (SSSR count). The summed E-state index contributed by atoms with van der Waals surface area (Å²) in [5.74, 6) is 4.99. The number of rotatable bonds is 8. The minimum Gasteiger partial charge on any atom is -0.390 e. The van der Waals surface area contributed by atoms with Crippen LogP contribution in [0.4, 0.5) is 11.6 Å². The number of nitrogens with one attached hydrogen (secondary N) is 3. The zero-order chi connectivity index (χ0) is 35.7. The van der Waals surface area contributed by atoms with Gasteiger partial charge in [0.15, 0.2) is 0 Å². The number of nitrogens with zero attached hydrogens (tertiary/aromatic N) is 5. The molecule has 8 fully saturated rings. The molecule has 3 aromatic rings. The summed E-state index contributed by atoms with van der Waals surface area (Å²) in [7, 11) is 0. The minimum absolute atomic E-state index is 0.255. The Balaban J connectivity index is 0.000000136. The third kappa shape index (κ3) is 6.87. The van der Waals surface area contributed by atoms with Gasteiger partial charge in [-0.25, -0.2) is 19.9 Å². The first-order chi connectivity index (χ1) is 25.7. The zero-order valence-corrected chi connectivity index (χ0v) is 31.3. The Morgan fingerprint density at radius 1 is 0.679 bits per heavy atom. The maximum Gasteiger partial charge on any atom is 0.132 e. The molecular formula is C43H58N8O2. The standard InChI is InChI=1S/C25H32N4O.C18H26N4O/c30-25-11-19-8-20(12-25)10-24(9-19,15-25)16-26-23-21-6-7-29(14-22(21)27-17-28-23)13-18-4-2-1-3-5-18;23-18-6-12-3-13(7-18)5-17(4-12,9-18)10-20-16-14-1-2-19-8-15(14)21-11-22-16/h1-5,17,19-20,30H,6-16H2,(H,26,27,28);11-13,19,23H,1-10H2,(H,20,21,22). The van der Waals surface area contributed by atoms with Crippen LogP contribution in [0.15, 0.2) is 43.0 Å². The molecule has 8 aliphatic carbocycles. The molecule has 8 bridgehead atoms. The van der Waals surface area contributed by atoms with Crippen molar-refractivity contribution in [3.05, 3.63) is 71.1 Å². The second-order valence-electron chi connectivity index (χ2n) is 19.2. The maximum atomic E-state index is 11.0. The predicted octanol–water partition coefficient (Wildman–Crippen LogP) is 5.64. The van der Waals surface area contributed by atoms with E-state index in [4.69, 9.17) is 0 Å². The zero-order valence-electron chi connectivity index (χ0n) is 31.3. The summed E-state index contributed by atoms with van der Waals surface area (Å²) >= 11 is 0. The van der Waals surface area contributed by atoms with E-state index in [1.165, 1.54) is 60.9 Å². The first-order valence-corrected chi connectivity index (χ1v) is 20.8. The Labute approximate surface area is 314 Å². The molecule has 0 radical (unpaired) electrons. The number of benzene rings is 1. The molecule has 10 nitrogen and oxygen atoms in total. The fourth-order valence-electron chi connectivity index (χ4n) is 13.7. The van der Waals surface area contributed by atoms with Crippen molar-refractivity contribution in [2.24, 2.45) is 34.5 Å². The molecule has 0 amide bonds. The molecule has 10 aliphatic rings. The molecular weight excluding hydrogens is 661 g/mol. The van der Waals surface area contributed by atoms with E-state index in [1.807, 2.05) is 0 Å².